The SMILES string of the molecule is C/C(N)=C/C(N)=NC1CCC(O)CC1. The number of aliphatic hydroxyl groups is 1. The van der Waals surface area contributed by atoms with Crippen molar-refractivity contribution in [2.75, 3.05) is 0 Å². The number of nitrogens with two attached hydrogens (primary N) is 2. The highest BCUT2D eigenvalue weighted by molar-refractivity contribution is 5.91. The number of rotatable bonds is 2. The van der Waals surface area contributed by atoms with Gasteiger partial charge in [-0.25, -0.2) is 0 Å². The zero-order valence-corrected chi connectivity index (χ0v) is 8.61. The molecular weight excluding hydrogens is 178 g/mol. The van der Waals surface area contributed by atoms with Crippen molar-refractivity contribution in [2.45, 2.75) is 44.8 Å². The van der Waals surface area contributed by atoms with Crippen LogP contribution in [0.1, 0.15) is 32.6 Å². The molecule has 0 spiro atoms. The van der Waals surface area contributed by atoms with Crippen molar-refractivity contribution in [3.63, 3.8) is 0 Å². The van der Waals surface area contributed by atoms with Crippen LogP contribution in [0.4, 0.5) is 0 Å². The number of hydrogen-bond acceptors (Lipinski definition) is 3. The third-order valence-corrected chi connectivity index (χ3v) is 2.37. The second-order valence-electron chi connectivity index (χ2n) is 3.90. The average molecular weight is 197 g/mol. The lowest BCUT2D eigenvalue weighted by Crippen LogP contribution is -2.23. The molecule has 1 fully saturated rings. The number of aliphatic imine (C=N–C) groups is 1. The molecule has 80 valence electrons. The van der Waals surface area contributed by atoms with Gasteiger partial charge in [0.2, 0.25) is 0 Å². The molecule has 14 heavy (non-hydrogen) atoms. The first kappa shape index (κ1) is 11.0. The molecule has 1 rings (SSSR count). The van der Waals surface area contributed by atoms with Crippen molar-refractivity contribution in [1.82, 2.24) is 0 Å². The van der Waals surface area contributed by atoms with Gasteiger partial charge in [-0.05, 0) is 38.7 Å². The van der Waals surface area contributed by atoms with Crippen LogP contribution >= 0.6 is 0 Å². The van der Waals surface area contributed by atoms with E-state index in [1.165, 1.54) is 0 Å². The minimum Gasteiger partial charge on any atom is -0.402 e. The Labute approximate surface area is 84.7 Å². The minimum atomic E-state index is -0.144. The molecule has 0 aromatic heterocycles. The number of nitrogens with zero attached hydrogens (tertiary/aromatic N) is 1. The van der Waals surface area contributed by atoms with Crippen LogP contribution in [0.15, 0.2) is 16.8 Å². The average Bonchev–Trinajstić information content (AvgIpc) is 2.07. The van der Waals surface area contributed by atoms with Crippen LogP contribution in [0.5, 0.6) is 0 Å². The van der Waals surface area contributed by atoms with Crippen LogP contribution < -0.4 is 11.5 Å². The summed E-state index contributed by atoms with van der Waals surface area (Å²) in [6.45, 7) is 1.78. The first-order valence-corrected chi connectivity index (χ1v) is 5.03. The normalized spacial score (nSPS) is 30.4. The Morgan fingerprint density at radius 3 is 2.36 bits per heavy atom. The standard InChI is InChI=1S/C10H19N3O/c1-7(11)6-10(12)13-8-2-4-9(14)5-3-8/h6,8-9,14H,2-5,11H2,1H3,(H2,12,13)/b7-6-. The number of hydrogen-bond donors (Lipinski definition) is 3. The van der Waals surface area contributed by atoms with Gasteiger partial charge in [0.05, 0.1) is 12.1 Å². The van der Waals surface area contributed by atoms with Crippen LogP contribution in [0.25, 0.3) is 0 Å². The third kappa shape index (κ3) is 3.79. The van der Waals surface area contributed by atoms with E-state index in [0.717, 1.165) is 25.7 Å². The summed E-state index contributed by atoms with van der Waals surface area (Å²) in [6.07, 6.45) is 5.01. The van der Waals surface area contributed by atoms with Crippen molar-refractivity contribution >= 4 is 5.84 Å². The van der Waals surface area contributed by atoms with E-state index in [1.807, 2.05) is 0 Å². The van der Waals surface area contributed by atoms with Gasteiger partial charge in [-0.3, -0.25) is 4.99 Å². The molecule has 0 aromatic carbocycles. The van der Waals surface area contributed by atoms with Crippen molar-refractivity contribution in [2.24, 2.45) is 16.5 Å². The number of aliphatic hydroxyl groups excluding tert-OH is 1. The second-order valence-corrected chi connectivity index (χ2v) is 3.90. The summed E-state index contributed by atoms with van der Waals surface area (Å²) < 4.78 is 0. The van der Waals surface area contributed by atoms with Crippen LogP contribution in [0.2, 0.25) is 0 Å². The Kier molecular flexibility index (Phi) is 3.95. The number of allylic oxidation sites excluding steroid dienone is 1. The Bertz CT molecular complexity index is 236. The molecule has 1 saturated carbocycles. The van der Waals surface area contributed by atoms with Gasteiger partial charge in [-0.2, -0.15) is 0 Å². The third-order valence-electron chi connectivity index (χ3n) is 2.37. The Morgan fingerprint density at radius 1 is 1.29 bits per heavy atom. The lowest BCUT2D eigenvalue weighted by molar-refractivity contribution is 0.123. The van der Waals surface area contributed by atoms with E-state index in [0.29, 0.717) is 11.5 Å². The van der Waals surface area contributed by atoms with Gasteiger partial charge >= 0.3 is 0 Å². The Morgan fingerprint density at radius 2 is 1.86 bits per heavy atom. The van der Waals surface area contributed by atoms with Crippen molar-refractivity contribution < 1.29 is 5.11 Å². The minimum absolute atomic E-state index is 0.144. The van der Waals surface area contributed by atoms with E-state index < -0.39 is 0 Å². The second kappa shape index (κ2) is 5.00. The highest BCUT2D eigenvalue weighted by atomic mass is 16.3. The van der Waals surface area contributed by atoms with E-state index >= 15 is 0 Å². The quantitative estimate of drug-likeness (QED) is 0.445. The Balaban J connectivity index is 2.47. The van der Waals surface area contributed by atoms with Gasteiger partial charge in [-0.1, -0.05) is 0 Å². The summed E-state index contributed by atoms with van der Waals surface area (Å²) in [5.74, 6) is 0.492. The maximum atomic E-state index is 9.29. The monoisotopic (exact) mass is 197 g/mol. The molecule has 0 saturated heterocycles. The summed E-state index contributed by atoms with van der Waals surface area (Å²) >= 11 is 0. The smallest absolute Gasteiger partial charge is 0.120 e. The summed E-state index contributed by atoms with van der Waals surface area (Å²) in [6, 6.07) is 0.258. The van der Waals surface area contributed by atoms with Crippen LogP contribution in [-0.2, 0) is 0 Å². The molecule has 0 bridgehead atoms. The molecule has 4 nitrogen and oxygen atoms in total. The van der Waals surface area contributed by atoms with Gasteiger partial charge < -0.3 is 16.6 Å². The zero-order chi connectivity index (χ0) is 10.6. The van der Waals surface area contributed by atoms with E-state index in [4.69, 9.17) is 11.5 Å². The molecule has 0 aliphatic heterocycles. The van der Waals surface area contributed by atoms with Crippen LogP contribution in [0.3, 0.4) is 0 Å². The fourth-order valence-electron chi connectivity index (χ4n) is 1.67. The highest BCUT2D eigenvalue weighted by Gasteiger charge is 2.18. The molecule has 1 aliphatic carbocycles. The number of amidine groups is 1. The molecule has 1 aliphatic rings. The lowest BCUT2D eigenvalue weighted by Gasteiger charge is -2.22. The highest BCUT2D eigenvalue weighted by Crippen LogP contribution is 2.20. The van der Waals surface area contributed by atoms with Crippen molar-refractivity contribution in [3.8, 4) is 0 Å². The maximum Gasteiger partial charge on any atom is 0.120 e. The molecule has 0 amide bonds. The fourth-order valence-corrected chi connectivity index (χ4v) is 1.67. The molecule has 0 radical (unpaired) electrons. The fraction of sp³-hybridized carbons (Fsp3) is 0.700. The predicted octanol–water partition coefficient (Wildman–Crippen LogP) is 0.510. The van der Waals surface area contributed by atoms with Gasteiger partial charge in [0.15, 0.2) is 0 Å². The summed E-state index contributed by atoms with van der Waals surface area (Å²) in [7, 11) is 0. The summed E-state index contributed by atoms with van der Waals surface area (Å²) in [5, 5.41) is 9.29. The van der Waals surface area contributed by atoms with Gasteiger partial charge in [-0.15, -0.1) is 0 Å². The maximum absolute atomic E-state index is 9.29. The van der Waals surface area contributed by atoms with E-state index in [9.17, 15) is 5.11 Å². The first-order valence-electron chi connectivity index (χ1n) is 5.03. The molecule has 4 heteroatoms. The summed E-state index contributed by atoms with van der Waals surface area (Å²) in [4.78, 5) is 4.34. The largest absolute Gasteiger partial charge is 0.402 e. The van der Waals surface area contributed by atoms with E-state index in [-0.39, 0.29) is 12.1 Å². The molecule has 0 heterocycles. The molecule has 5 N–H and O–H groups in total. The topological polar surface area (TPSA) is 84.6 Å². The Hall–Kier alpha value is -1.03. The predicted molar refractivity (Wildman–Crippen MR) is 57.8 cm³/mol. The first-order chi connectivity index (χ1) is 6.58. The van der Waals surface area contributed by atoms with E-state index in [2.05, 4.69) is 4.99 Å². The lowest BCUT2D eigenvalue weighted by atomic mass is 9.93. The molecule has 0 aromatic rings. The van der Waals surface area contributed by atoms with Gasteiger partial charge in [0.1, 0.15) is 5.84 Å². The van der Waals surface area contributed by atoms with Crippen molar-refractivity contribution in [3.05, 3.63) is 11.8 Å². The van der Waals surface area contributed by atoms with Crippen molar-refractivity contribution in [1.29, 1.82) is 0 Å². The summed E-state index contributed by atoms with van der Waals surface area (Å²) in [5.41, 5.74) is 11.8. The molecule has 0 unspecified atom stereocenters. The molecular formula is C10H19N3O. The van der Waals surface area contributed by atoms with Gasteiger partial charge in [0, 0.05) is 5.70 Å². The van der Waals surface area contributed by atoms with Gasteiger partial charge in [0.25, 0.3) is 0 Å². The van der Waals surface area contributed by atoms with E-state index in [1.54, 1.807) is 13.0 Å². The molecule has 0 atom stereocenters. The van der Waals surface area contributed by atoms with Crippen LogP contribution in [-0.4, -0.2) is 23.1 Å². The van der Waals surface area contributed by atoms with Crippen LogP contribution in [0, 0.1) is 0 Å². The zero-order valence-electron chi connectivity index (χ0n) is 8.61.